The van der Waals surface area contributed by atoms with Crippen molar-refractivity contribution in [2.45, 2.75) is 13.3 Å². The van der Waals surface area contributed by atoms with Gasteiger partial charge in [0.25, 0.3) is 5.91 Å². The summed E-state index contributed by atoms with van der Waals surface area (Å²) in [7, 11) is 3.84. The molecule has 0 aromatic heterocycles. The number of benzene rings is 1. The zero-order chi connectivity index (χ0) is 14.9. The summed E-state index contributed by atoms with van der Waals surface area (Å²) in [4.78, 5) is 27.2. The summed E-state index contributed by atoms with van der Waals surface area (Å²) in [6.07, 6.45) is 0.501. The monoisotopic (exact) mass is 276 g/mol. The van der Waals surface area contributed by atoms with Gasteiger partial charge in [0.05, 0.1) is 5.41 Å². The van der Waals surface area contributed by atoms with Gasteiger partial charge in [-0.25, -0.2) is 0 Å². The third-order valence-electron chi connectivity index (χ3n) is 3.89. The molecular formula is C15H20N2O3. The number of carboxylic acid groups (broad SMARTS) is 1. The highest BCUT2D eigenvalue weighted by Crippen LogP contribution is 2.31. The van der Waals surface area contributed by atoms with E-state index in [9.17, 15) is 14.7 Å². The van der Waals surface area contributed by atoms with Gasteiger partial charge in [-0.05, 0) is 31.5 Å². The lowest BCUT2D eigenvalue weighted by atomic mass is 9.90. The maximum absolute atomic E-state index is 12.4. The normalized spacial score (nSPS) is 21.9. The predicted octanol–water partition coefficient (Wildman–Crippen LogP) is 1.69. The van der Waals surface area contributed by atoms with Crippen molar-refractivity contribution in [3.8, 4) is 0 Å². The second-order valence-electron chi connectivity index (χ2n) is 5.79. The molecule has 5 heteroatoms. The molecule has 1 aromatic rings. The van der Waals surface area contributed by atoms with E-state index in [1.165, 1.54) is 0 Å². The van der Waals surface area contributed by atoms with Gasteiger partial charge in [-0.1, -0.05) is 6.07 Å². The average molecular weight is 276 g/mol. The molecule has 1 aliphatic rings. The fourth-order valence-electron chi connectivity index (χ4n) is 2.41. The number of aliphatic carboxylic acids is 1. The standard InChI is InChI=1S/C15H20N2O3/c1-15(14(19)20)7-8-17(10-15)13(18)11-5-4-6-12(9-11)16(2)3/h4-6,9H,7-8,10H2,1-3H3,(H,19,20). The van der Waals surface area contributed by atoms with Gasteiger partial charge in [-0.3, -0.25) is 9.59 Å². The van der Waals surface area contributed by atoms with Crippen LogP contribution in [0.1, 0.15) is 23.7 Å². The molecule has 5 nitrogen and oxygen atoms in total. The van der Waals surface area contributed by atoms with Crippen LogP contribution in [0.3, 0.4) is 0 Å². The lowest BCUT2D eigenvalue weighted by molar-refractivity contribution is -0.147. The first-order valence-electron chi connectivity index (χ1n) is 6.63. The van der Waals surface area contributed by atoms with Gasteiger partial charge in [0, 0.05) is 38.4 Å². The number of anilines is 1. The first-order chi connectivity index (χ1) is 9.33. The Kier molecular flexibility index (Phi) is 3.70. The number of hydrogen-bond donors (Lipinski definition) is 1. The molecule has 0 spiro atoms. The molecule has 1 fully saturated rings. The summed E-state index contributed by atoms with van der Waals surface area (Å²) in [6, 6.07) is 7.38. The molecule has 2 rings (SSSR count). The minimum atomic E-state index is -0.838. The number of carbonyl (C=O) groups is 2. The maximum Gasteiger partial charge on any atom is 0.311 e. The number of amides is 1. The van der Waals surface area contributed by atoms with E-state index in [1.807, 2.05) is 37.2 Å². The van der Waals surface area contributed by atoms with Crippen LogP contribution in [0.15, 0.2) is 24.3 Å². The summed E-state index contributed by atoms with van der Waals surface area (Å²) >= 11 is 0. The molecule has 0 radical (unpaired) electrons. The molecule has 1 heterocycles. The first kappa shape index (κ1) is 14.4. The zero-order valence-corrected chi connectivity index (χ0v) is 12.1. The summed E-state index contributed by atoms with van der Waals surface area (Å²) in [5.41, 5.74) is 0.733. The Balaban J connectivity index is 2.17. The highest BCUT2D eigenvalue weighted by Gasteiger charge is 2.42. The van der Waals surface area contributed by atoms with E-state index in [0.717, 1.165) is 5.69 Å². The van der Waals surface area contributed by atoms with E-state index >= 15 is 0 Å². The van der Waals surface area contributed by atoms with Crippen molar-refractivity contribution in [1.29, 1.82) is 0 Å². The fraction of sp³-hybridized carbons (Fsp3) is 0.467. The van der Waals surface area contributed by atoms with Crippen LogP contribution in [0.25, 0.3) is 0 Å². The van der Waals surface area contributed by atoms with Gasteiger partial charge < -0.3 is 14.9 Å². The van der Waals surface area contributed by atoms with E-state index in [1.54, 1.807) is 17.9 Å². The maximum atomic E-state index is 12.4. The number of nitrogens with zero attached hydrogens (tertiary/aromatic N) is 2. The summed E-state index contributed by atoms with van der Waals surface area (Å²) in [5, 5.41) is 9.21. The second kappa shape index (κ2) is 5.15. The van der Waals surface area contributed by atoms with Crippen molar-refractivity contribution < 1.29 is 14.7 Å². The molecule has 0 saturated carbocycles. The number of likely N-dealkylation sites (tertiary alicyclic amines) is 1. The van der Waals surface area contributed by atoms with E-state index < -0.39 is 11.4 Å². The number of carbonyl (C=O) groups excluding carboxylic acids is 1. The van der Waals surface area contributed by atoms with Gasteiger partial charge in [-0.15, -0.1) is 0 Å². The van der Waals surface area contributed by atoms with Gasteiger partial charge in [0.2, 0.25) is 0 Å². The van der Waals surface area contributed by atoms with Crippen molar-refractivity contribution in [1.82, 2.24) is 4.90 Å². The minimum Gasteiger partial charge on any atom is -0.481 e. The lowest BCUT2D eigenvalue weighted by Gasteiger charge is -2.21. The molecule has 1 amide bonds. The van der Waals surface area contributed by atoms with Gasteiger partial charge in [-0.2, -0.15) is 0 Å². The molecule has 1 unspecified atom stereocenters. The van der Waals surface area contributed by atoms with E-state index in [-0.39, 0.29) is 12.5 Å². The van der Waals surface area contributed by atoms with Crippen molar-refractivity contribution in [2.75, 3.05) is 32.1 Å². The largest absolute Gasteiger partial charge is 0.481 e. The Labute approximate surface area is 118 Å². The number of carboxylic acids is 1. The Morgan fingerprint density at radius 3 is 2.60 bits per heavy atom. The van der Waals surface area contributed by atoms with Crippen LogP contribution >= 0.6 is 0 Å². The molecule has 0 aliphatic carbocycles. The molecule has 1 atom stereocenters. The molecule has 1 saturated heterocycles. The third kappa shape index (κ3) is 2.61. The Hall–Kier alpha value is -2.04. The first-order valence-corrected chi connectivity index (χ1v) is 6.63. The SMILES string of the molecule is CN(C)c1cccc(C(=O)N2CCC(C)(C(=O)O)C2)c1. The Morgan fingerprint density at radius 2 is 2.05 bits per heavy atom. The summed E-state index contributed by atoms with van der Waals surface area (Å²) < 4.78 is 0. The fourth-order valence-corrected chi connectivity index (χ4v) is 2.41. The van der Waals surface area contributed by atoms with Crippen LogP contribution in [0.5, 0.6) is 0 Å². The van der Waals surface area contributed by atoms with E-state index in [0.29, 0.717) is 18.5 Å². The number of rotatable bonds is 3. The molecule has 0 bridgehead atoms. The summed E-state index contributed by atoms with van der Waals surface area (Å²) in [5.74, 6) is -0.937. The van der Waals surface area contributed by atoms with Gasteiger partial charge >= 0.3 is 5.97 Å². The van der Waals surface area contributed by atoms with Gasteiger partial charge in [0.1, 0.15) is 0 Å². The van der Waals surface area contributed by atoms with Crippen LogP contribution in [-0.4, -0.2) is 49.1 Å². The highest BCUT2D eigenvalue weighted by molar-refractivity contribution is 5.96. The van der Waals surface area contributed by atoms with Gasteiger partial charge in [0.15, 0.2) is 0 Å². The molecule has 1 aliphatic heterocycles. The molecule has 20 heavy (non-hydrogen) atoms. The third-order valence-corrected chi connectivity index (χ3v) is 3.89. The van der Waals surface area contributed by atoms with Crippen molar-refractivity contribution >= 4 is 17.6 Å². The van der Waals surface area contributed by atoms with Crippen LogP contribution < -0.4 is 4.90 Å². The quantitative estimate of drug-likeness (QED) is 0.912. The Bertz CT molecular complexity index is 542. The van der Waals surface area contributed by atoms with Crippen LogP contribution in [0.4, 0.5) is 5.69 Å². The molecular weight excluding hydrogens is 256 g/mol. The molecule has 108 valence electrons. The van der Waals surface area contributed by atoms with Crippen molar-refractivity contribution in [3.63, 3.8) is 0 Å². The van der Waals surface area contributed by atoms with Crippen LogP contribution in [-0.2, 0) is 4.79 Å². The molecule has 1 N–H and O–H groups in total. The topological polar surface area (TPSA) is 60.9 Å². The van der Waals surface area contributed by atoms with Crippen LogP contribution in [0, 0.1) is 5.41 Å². The summed E-state index contributed by atoms with van der Waals surface area (Å²) in [6.45, 7) is 2.46. The van der Waals surface area contributed by atoms with E-state index in [2.05, 4.69) is 0 Å². The smallest absolute Gasteiger partial charge is 0.311 e. The minimum absolute atomic E-state index is 0.0984. The average Bonchev–Trinajstić information content (AvgIpc) is 2.82. The highest BCUT2D eigenvalue weighted by atomic mass is 16.4. The second-order valence-corrected chi connectivity index (χ2v) is 5.79. The van der Waals surface area contributed by atoms with Crippen molar-refractivity contribution in [3.05, 3.63) is 29.8 Å². The predicted molar refractivity (Wildman–Crippen MR) is 77.0 cm³/mol. The van der Waals surface area contributed by atoms with Crippen LogP contribution in [0.2, 0.25) is 0 Å². The lowest BCUT2D eigenvalue weighted by Crippen LogP contribution is -2.34. The zero-order valence-electron chi connectivity index (χ0n) is 12.1. The molecule has 1 aromatic carbocycles. The number of hydrogen-bond acceptors (Lipinski definition) is 3. The Morgan fingerprint density at radius 1 is 1.35 bits per heavy atom. The van der Waals surface area contributed by atoms with E-state index in [4.69, 9.17) is 0 Å². The van der Waals surface area contributed by atoms with Crippen molar-refractivity contribution in [2.24, 2.45) is 5.41 Å².